The minimum atomic E-state index is -1.10. The smallest absolute Gasteiger partial charge is 0.408 e. The van der Waals surface area contributed by atoms with Crippen molar-refractivity contribution >= 4 is 45.5 Å². The zero-order valence-electron chi connectivity index (χ0n) is 21.4. The Morgan fingerprint density at radius 1 is 1.00 bits per heavy atom. The summed E-state index contributed by atoms with van der Waals surface area (Å²) in [5.74, 6) is -0.713. The van der Waals surface area contributed by atoms with E-state index in [1.165, 1.54) is 6.07 Å². The van der Waals surface area contributed by atoms with Crippen LogP contribution in [0.2, 0.25) is 5.02 Å². The number of H-pyrrole nitrogens is 1. The predicted octanol–water partition coefficient (Wildman–Crippen LogP) is 5.86. The van der Waals surface area contributed by atoms with Gasteiger partial charge in [0.05, 0.1) is 5.02 Å². The number of halogens is 1. The first-order valence-corrected chi connectivity index (χ1v) is 13.4. The second-order valence-corrected chi connectivity index (χ2v) is 10.1. The van der Waals surface area contributed by atoms with Crippen molar-refractivity contribution in [3.05, 3.63) is 111 Å². The number of carbonyl (C=O) groups excluding carboxylic acids is 2. The monoisotopic (exact) mass is 556 g/mol. The molecule has 2 heterocycles. The van der Waals surface area contributed by atoms with Crippen molar-refractivity contribution in [3.8, 4) is 5.75 Å². The van der Waals surface area contributed by atoms with Crippen LogP contribution in [0.1, 0.15) is 28.7 Å². The van der Waals surface area contributed by atoms with Crippen molar-refractivity contribution < 1.29 is 23.5 Å². The number of nitrogens with one attached hydrogen (secondary N) is 2. The van der Waals surface area contributed by atoms with Gasteiger partial charge < -0.3 is 24.2 Å². The van der Waals surface area contributed by atoms with Crippen LogP contribution in [0.15, 0.2) is 82.1 Å². The van der Waals surface area contributed by atoms with Gasteiger partial charge in [-0.2, -0.15) is 0 Å². The van der Waals surface area contributed by atoms with Crippen molar-refractivity contribution in [2.24, 2.45) is 0 Å². The van der Waals surface area contributed by atoms with Gasteiger partial charge in [-0.15, -0.1) is 0 Å². The standard InChI is InChI=1S/C31H25ClN2O6/c32-24-14-23-21-10-6-11-22(21)29(35)39-27(23)15-28(24)40-30(36)26(13-19-16-33-25-12-5-4-9-20(19)25)34-31(37)38-17-18-7-2-1-3-8-18/h1-5,7-9,12,14-16,26,33H,6,10-11,13,17H2,(H,34,37)/t26-/m0/s1. The van der Waals surface area contributed by atoms with E-state index in [9.17, 15) is 14.4 Å². The fourth-order valence-electron chi connectivity index (χ4n) is 5.16. The molecule has 1 aliphatic rings. The van der Waals surface area contributed by atoms with Gasteiger partial charge in [0.25, 0.3) is 0 Å². The number of hydrogen-bond donors (Lipinski definition) is 2. The summed E-state index contributed by atoms with van der Waals surface area (Å²) in [4.78, 5) is 41.8. The molecule has 0 saturated heterocycles. The predicted molar refractivity (Wildman–Crippen MR) is 151 cm³/mol. The number of aryl methyl sites for hydroxylation is 1. The Kier molecular flexibility index (Phi) is 7.00. The number of rotatable bonds is 7. The first-order valence-electron chi connectivity index (χ1n) is 13.0. The van der Waals surface area contributed by atoms with Crippen molar-refractivity contribution in [2.45, 2.75) is 38.3 Å². The molecule has 0 bridgehead atoms. The number of fused-ring (bicyclic) bond motifs is 4. The van der Waals surface area contributed by atoms with E-state index in [1.807, 2.05) is 54.6 Å². The molecule has 5 aromatic rings. The molecule has 40 heavy (non-hydrogen) atoms. The summed E-state index contributed by atoms with van der Waals surface area (Å²) in [6.07, 6.45) is 3.46. The third-order valence-corrected chi connectivity index (χ3v) is 7.42. The van der Waals surface area contributed by atoms with Gasteiger partial charge in [-0.05, 0) is 48.1 Å². The van der Waals surface area contributed by atoms with E-state index in [1.54, 1.807) is 12.3 Å². The van der Waals surface area contributed by atoms with E-state index in [0.717, 1.165) is 45.8 Å². The maximum atomic E-state index is 13.5. The van der Waals surface area contributed by atoms with Crippen LogP contribution in [0.25, 0.3) is 21.9 Å². The number of aromatic amines is 1. The lowest BCUT2D eigenvalue weighted by Crippen LogP contribution is -2.44. The Hall–Kier alpha value is -4.56. The highest BCUT2D eigenvalue weighted by Crippen LogP contribution is 2.35. The van der Waals surface area contributed by atoms with Crippen molar-refractivity contribution in [1.82, 2.24) is 10.3 Å². The number of carbonyl (C=O) groups is 2. The highest BCUT2D eigenvalue weighted by molar-refractivity contribution is 6.33. The molecular weight excluding hydrogens is 532 g/mol. The van der Waals surface area contributed by atoms with Crippen LogP contribution in [-0.4, -0.2) is 23.1 Å². The number of benzene rings is 3. The van der Waals surface area contributed by atoms with Gasteiger partial charge in [-0.1, -0.05) is 60.1 Å². The third-order valence-electron chi connectivity index (χ3n) is 7.12. The fraction of sp³-hybridized carbons (Fsp3) is 0.194. The molecule has 0 unspecified atom stereocenters. The molecule has 0 radical (unpaired) electrons. The zero-order chi connectivity index (χ0) is 27.6. The van der Waals surface area contributed by atoms with E-state index < -0.39 is 18.1 Å². The van der Waals surface area contributed by atoms with Crippen LogP contribution in [0.4, 0.5) is 4.79 Å². The second kappa shape index (κ2) is 10.9. The maximum absolute atomic E-state index is 13.5. The molecule has 6 rings (SSSR count). The molecule has 0 spiro atoms. The molecule has 1 atom stereocenters. The van der Waals surface area contributed by atoms with Gasteiger partial charge in [-0.25, -0.2) is 14.4 Å². The van der Waals surface area contributed by atoms with Crippen LogP contribution in [0.3, 0.4) is 0 Å². The van der Waals surface area contributed by atoms with Crippen LogP contribution in [0, 0.1) is 0 Å². The molecule has 1 aliphatic carbocycles. The van der Waals surface area contributed by atoms with E-state index >= 15 is 0 Å². The summed E-state index contributed by atoms with van der Waals surface area (Å²) < 4.78 is 16.6. The van der Waals surface area contributed by atoms with E-state index in [2.05, 4.69) is 10.3 Å². The summed E-state index contributed by atoms with van der Waals surface area (Å²) in [5.41, 5.74) is 4.02. The van der Waals surface area contributed by atoms with Gasteiger partial charge in [0.1, 0.15) is 18.2 Å². The number of esters is 1. The minimum Gasteiger partial charge on any atom is -0.445 e. The topological polar surface area (TPSA) is 111 Å². The average molecular weight is 557 g/mol. The van der Waals surface area contributed by atoms with Gasteiger partial charge in [0.2, 0.25) is 0 Å². The first kappa shape index (κ1) is 25.7. The first-order chi connectivity index (χ1) is 19.5. The Morgan fingerprint density at radius 3 is 2.62 bits per heavy atom. The lowest BCUT2D eigenvalue weighted by atomic mass is 10.0. The van der Waals surface area contributed by atoms with Crippen molar-refractivity contribution in [1.29, 1.82) is 0 Å². The Balaban J connectivity index is 1.26. The van der Waals surface area contributed by atoms with Gasteiger partial charge >= 0.3 is 17.7 Å². The molecule has 0 fully saturated rings. The van der Waals surface area contributed by atoms with E-state index in [0.29, 0.717) is 17.6 Å². The number of ether oxygens (including phenoxy) is 2. The van der Waals surface area contributed by atoms with E-state index in [4.69, 9.17) is 25.5 Å². The largest absolute Gasteiger partial charge is 0.445 e. The Morgan fingerprint density at radius 2 is 1.77 bits per heavy atom. The van der Waals surface area contributed by atoms with Crippen LogP contribution in [-0.2, 0) is 35.4 Å². The Bertz CT molecular complexity index is 1790. The van der Waals surface area contributed by atoms with Gasteiger partial charge in [-0.3, -0.25) is 0 Å². The highest BCUT2D eigenvalue weighted by Gasteiger charge is 2.27. The number of para-hydroxylation sites is 1. The molecule has 9 heteroatoms. The normalized spacial score (nSPS) is 13.2. The number of hydrogen-bond acceptors (Lipinski definition) is 6. The molecule has 0 aliphatic heterocycles. The SMILES string of the molecule is O=C(N[C@@H](Cc1c[nH]c2ccccc12)C(=O)Oc1cc2oc(=O)c3c(c2cc1Cl)CCC3)OCc1ccccc1. The maximum Gasteiger partial charge on any atom is 0.408 e. The molecule has 2 N–H and O–H groups in total. The molecule has 1 amide bonds. The summed E-state index contributed by atoms with van der Waals surface area (Å²) >= 11 is 6.52. The molecule has 8 nitrogen and oxygen atoms in total. The zero-order valence-corrected chi connectivity index (χ0v) is 22.1. The van der Waals surface area contributed by atoms with E-state index in [-0.39, 0.29) is 29.4 Å². The summed E-state index contributed by atoms with van der Waals surface area (Å²) in [6.45, 7) is 0.0430. The fourth-order valence-corrected chi connectivity index (χ4v) is 5.36. The van der Waals surface area contributed by atoms with Crippen molar-refractivity contribution in [3.63, 3.8) is 0 Å². The second-order valence-electron chi connectivity index (χ2n) is 9.72. The summed E-state index contributed by atoms with van der Waals surface area (Å²) in [6, 6.07) is 18.9. The summed E-state index contributed by atoms with van der Waals surface area (Å²) in [5, 5.41) is 4.49. The quantitative estimate of drug-likeness (QED) is 0.148. The molecule has 3 aromatic carbocycles. The number of aromatic nitrogens is 1. The summed E-state index contributed by atoms with van der Waals surface area (Å²) in [7, 11) is 0. The lowest BCUT2D eigenvalue weighted by molar-refractivity contribution is -0.136. The molecule has 0 saturated carbocycles. The van der Waals surface area contributed by atoms with Crippen LogP contribution < -0.4 is 15.7 Å². The lowest BCUT2D eigenvalue weighted by Gasteiger charge is -2.18. The average Bonchev–Trinajstić information content (AvgIpc) is 3.62. The van der Waals surface area contributed by atoms with Crippen molar-refractivity contribution in [2.75, 3.05) is 0 Å². The minimum absolute atomic E-state index is 0.0312. The molecule has 2 aromatic heterocycles. The van der Waals surface area contributed by atoms with Gasteiger partial charge in [0, 0.05) is 40.5 Å². The Labute approximate surface area is 233 Å². The van der Waals surface area contributed by atoms with Crippen LogP contribution >= 0.6 is 11.6 Å². The van der Waals surface area contributed by atoms with Crippen LogP contribution in [0.5, 0.6) is 5.75 Å². The molecular formula is C31H25ClN2O6. The molecule has 202 valence electrons. The number of alkyl carbamates (subject to hydrolysis) is 1. The number of amides is 1. The highest BCUT2D eigenvalue weighted by atomic mass is 35.5. The van der Waals surface area contributed by atoms with Gasteiger partial charge in [0.15, 0.2) is 5.75 Å². The third kappa shape index (κ3) is 5.18.